The van der Waals surface area contributed by atoms with Crippen molar-refractivity contribution in [3.05, 3.63) is 38.9 Å². The molecule has 0 radical (unpaired) electrons. The first-order chi connectivity index (χ1) is 8.91. The topological polar surface area (TPSA) is 83.7 Å². The SMILES string of the molecule is CN(CCCC(=O)O)Cc1c(Cl)cccc1[N+](=O)[O-]. The lowest BCUT2D eigenvalue weighted by Gasteiger charge is -2.16. The highest BCUT2D eigenvalue weighted by Gasteiger charge is 2.17. The van der Waals surface area contributed by atoms with Gasteiger partial charge in [-0.15, -0.1) is 0 Å². The summed E-state index contributed by atoms with van der Waals surface area (Å²) < 4.78 is 0. The van der Waals surface area contributed by atoms with Crippen molar-refractivity contribution >= 4 is 23.3 Å². The van der Waals surface area contributed by atoms with E-state index in [0.29, 0.717) is 30.1 Å². The number of carboxylic acid groups (broad SMARTS) is 1. The van der Waals surface area contributed by atoms with Gasteiger partial charge < -0.3 is 10.0 Å². The average molecular weight is 287 g/mol. The molecular formula is C12H15ClN2O4. The molecule has 0 atom stereocenters. The highest BCUT2D eigenvalue weighted by Crippen LogP contribution is 2.27. The third-order valence-corrected chi connectivity index (χ3v) is 3.00. The highest BCUT2D eigenvalue weighted by atomic mass is 35.5. The standard InChI is InChI=1S/C12H15ClN2O4/c1-14(7-3-6-12(16)17)8-9-10(13)4-2-5-11(9)15(18)19/h2,4-5H,3,6-8H2,1H3,(H,16,17). The smallest absolute Gasteiger partial charge is 0.303 e. The quantitative estimate of drug-likeness (QED) is 0.615. The first kappa shape index (κ1) is 15.4. The number of carboxylic acids is 1. The maximum absolute atomic E-state index is 10.9. The van der Waals surface area contributed by atoms with E-state index in [1.807, 2.05) is 4.90 Å². The molecule has 6 nitrogen and oxygen atoms in total. The van der Waals surface area contributed by atoms with Crippen LogP contribution >= 0.6 is 11.6 Å². The molecule has 0 unspecified atom stereocenters. The Hall–Kier alpha value is -1.66. The predicted molar refractivity (Wildman–Crippen MR) is 71.3 cm³/mol. The number of carbonyl (C=O) groups is 1. The van der Waals surface area contributed by atoms with Crippen LogP contribution in [0.1, 0.15) is 18.4 Å². The summed E-state index contributed by atoms with van der Waals surface area (Å²) in [5.41, 5.74) is 0.435. The number of nitro groups is 1. The molecule has 0 spiro atoms. The minimum Gasteiger partial charge on any atom is -0.481 e. The summed E-state index contributed by atoms with van der Waals surface area (Å²) in [6, 6.07) is 4.55. The lowest BCUT2D eigenvalue weighted by atomic mass is 10.1. The number of hydrogen-bond donors (Lipinski definition) is 1. The second-order valence-electron chi connectivity index (χ2n) is 4.23. The Kier molecular flexibility index (Phi) is 5.72. The van der Waals surface area contributed by atoms with Gasteiger partial charge in [-0.2, -0.15) is 0 Å². The molecule has 0 bridgehead atoms. The summed E-state index contributed by atoms with van der Waals surface area (Å²) in [5, 5.41) is 19.8. The summed E-state index contributed by atoms with van der Waals surface area (Å²) >= 11 is 5.98. The monoisotopic (exact) mass is 286 g/mol. The number of nitrogens with zero attached hydrogens (tertiary/aromatic N) is 2. The van der Waals surface area contributed by atoms with E-state index in [9.17, 15) is 14.9 Å². The van der Waals surface area contributed by atoms with Gasteiger partial charge in [0.25, 0.3) is 5.69 Å². The van der Waals surface area contributed by atoms with Gasteiger partial charge in [-0.1, -0.05) is 17.7 Å². The molecule has 19 heavy (non-hydrogen) atoms. The molecule has 0 aliphatic rings. The van der Waals surface area contributed by atoms with Crippen LogP contribution in [0, 0.1) is 10.1 Å². The Morgan fingerprint density at radius 2 is 2.21 bits per heavy atom. The molecule has 0 aromatic heterocycles. The summed E-state index contributed by atoms with van der Waals surface area (Å²) in [6.07, 6.45) is 0.568. The van der Waals surface area contributed by atoms with Crippen LogP contribution in [0.4, 0.5) is 5.69 Å². The van der Waals surface area contributed by atoms with Crippen LogP contribution in [0.3, 0.4) is 0 Å². The summed E-state index contributed by atoms with van der Waals surface area (Å²) in [5.74, 6) is -0.850. The van der Waals surface area contributed by atoms with Crippen molar-refractivity contribution in [2.75, 3.05) is 13.6 Å². The number of nitro benzene ring substituents is 1. The average Bonchev–Trinajstić information content (AvgIpc) is 2.30. The molecule has 1 aromatic carbocycles. The van der Waals surface area contributed by atoms with E-state index in [2.05, 4.69) is 0 Å². The van der Waals surface area contributed by atoms with Crippen molar-refractivity contribution in [3.63, 3.8) is 0 Å². The number of benzene rings is 1. The Balaban J connectivity index is 2.70. The van der Waals surface area contributed by atoms with Crippen LogP contribution in [-0.2, 0) is 11.3 Å². The normalized spacial score (nSPS) is 10.7. The molecular weight excluding hydrogens is 272 g/mol. The molecule has 0 heterocycles. The number of rotatable bonds is 7. The Labute approximate surface area is 115 Å². The van der Waals surface area contributed by atoms with Crippen LogP contribution in [0.15, 0.2) is 18.2 Å². The van der Waals surface area contributed by atoms with E-state index in [0.717, 1.165) is 0 Å². The van der Waals surface area contributed by atoms with Crippen molar-refractivity contribution in [3.8, 4) is 0 Å². The molecule has 0 fully saturated rings. The number of aliphatic carboxylic acids is 1. The van der Waals surface area contributed by atoms with E-state index in [-0.39, 0.29) is 12.1 Å². The minimum absolute atomic E-state index is 0.0161. The zero-order valence-electron chi connectivity index (χ0n) is 10.5. The third kappa shape index (κ3) is 4.84. The van der Waals surface area contributed by atoms with Gasteiger partial charge in [0.1, 0.15) is 0 Å². The maximum Gasteiger partial charge on any atom is 0.303 e. The third-order valence-electron chi connectivity index (χ3n) is 2.65. The van der Waals surface area contributed by atoms with E-state index in [4.69, 9.17) is 16.7 Å². The first-order valence-electron chi connectivity index (χ1n) is 5.74. The second kappa shape index (κ2) is 7.06. The van der Waals surface area contributed by atoms with Crippen molar-refractivity contribution in [2.24, 2.45) is 0 Å². The molecule has 0 saturated carbocycles. The predicted octanol–water partition coefficient (Wildman–Crippen LogP) is 2.54. The van der Waals surface area contributed by atoms with Crippen LogP contribution in [0.25, 0.3) is 0 Å². The van der Waals surface area contributed by atoms with Gasteiger partial charge in [-0.3, -0.25) is 14.9 Å². The van der Waals surface area contributed by atoms with Crippen LogP contribution in [0.2, 0.25) is 5.02 Å². The van der Waals surface area contributed by atoms with E-state index in [1.54, 1.807) is 13.1 Å². The molecule has 0 aliphatic carbocycles. The van der Waals surface area contributed by atoms with Crippen molar-refractivity contribution in [2.45, 2.75) is 19.4 Å². The summed E-state index contributed by atoms with van der Waals surface area (Å²) in [7, 11) is 1.77. The second-order valence-corrected chi connectivity index (χ2v) is 4.64. The van der Waals surface area contributed by atoms with Gasteiger partial charge in [0.15, 0.2) is 0 Å². The van der Waals surface area contributed by atoms with Gasteiger partial charge in [-0.05, 0) is 26.1 Å². The minimum atomic E-state index is -0.850. The Morgan fingerprint density at radius 3 is 2.79 bits per heavy atom. The van der Waals surface area contributed by atoms with Gasteiger partial charge in [0.05, 0.1) is 15.5 Å². The Morgan fingerprint density at radius 1 is 1.53 bits per heavy atom. The maximum atomic E-state index is 10.9. The fourth-order valence-electron chi connectivity index (χ4n) is 1.72. The first-order valence-corrected chi connectivity index (χ1v) is 6.11. The van der Waals surface area contributed by atoms with Crippen molar-refractivity contribution < 1.29 is 14.8 Å². The van der Waals surface area contributed by atoms with Crippen molar-refractivity contribution in [1.29, 1.82) is 0 Å². The van der Waals surface area contributed by atoms with Crippen LogP contribution < -0.4 is 0 Å². The molecule has 1 N–H and O–H groups in total. The molecule has 0 amide bonds. The molecule has 104 valence electrons. The molecule has 0 saturated heterocycles. The Bertz CT molecular complexity index is 479. The lowest BCUT2D eigenvalue weighted by Crippen LogP contribution is -2.20. The number of halogens is 1. The largest absolute Gasteiger partial charge is 0.481 e. The number of hydrogen-bond acceptors (Lipinski definition) is 4. The van der Waals surface area contributed by atoms with Gasteiger partial charge in [0.2, 0.25) is 0 Å². The van der Waals surface area contributed by atoms with Crippen LogP contribution in [-0.4, -0.2) is 34.5 Å². The fraction of sp³-hybridized carbons (Fsp3) is 0.417. The van der Waals surface area contributed by atoms with E-state index >= 15 is 0 Å². The summed E-state index contributed by atoms with van der Waals surface area (Å²) in [6.45, 7) is 0.851. The van der Waals surface area contributed by atoms with Gasteiger partial charge in [-0.25, -0.2) is 0 Å². The van der Waals surface area contributed by atoms with Gasteiger partial charge >= 0.3 is 5.97 Å². The highest BCUT2D eigenvalue weighted by molar-refractivity contribution is 6.31. The molecule has 1 aromatic rings. The zero-order valence-corrected chi connectivity index (χ0v) is 11.3. The van der Waals surface area contributed by atoms with E-state index in [1.165, 1.54) is 12.1 Å². The van der Waals surface area contributed by atoms with Crippen molar-refractivity contribution in [1.82, 2.24) is 4.90 Å². The molecule has 7 heteroatoms. The fourth-order valence-corrected chi connectivity index (χ4v) is 1.95. The van der Waals surface area contributed by atoms with E-state index < -0.39 is 10.9 Å². The molecule has 0 aliphatic heterocycles. The summed E-state index contributed by atoms with van der Waals surface area (Å²) in [4.78, 5) is 22.7. The lowest BCUT2D eigenvalue weighted by molar-refractivity contribution is -0.385. The zero-order chi connectivity index (χ0) is 14.4. The van der Waals surface area contributed by atoms with Crippen LogP contribution in [0.5, 0.6) is 0 Å². The van der Waals surface area contributed by atoms with Gasteiger partial charge in [0, 0.05) is 19.0 Å². The molecule has 1 rings (SSSR count).